The van der Waals surface area contributed by atoms with Crippen LogP contribution in [0.4, 0.5) is 0 Å². The van der Waals surface area contributed by atoms with Gasteiger partial charge in [0.2, 0.25) is 5.76 Å². The SMILES string of the molecule is CCCNC(CC(C)(C)C)c1ccc(C(=O)OC)o1. The highest BCUT2D eigenvalue weighted by molar-refractivity contribution is 5.86. The molecule has 0 fully saturated rings. The molecular formula is C15H25NO3. The Hall–Kier alpha value is -1.29. The summed E-state index contributed by atoms with van der Waals surface area (Å²) in [6.45, 7) is 9.63. The first kappa shape index (κ1) is 15.8. The van der Waals surface area contributed by atoms with E-state index in [4.69, 9.17) is 4.42 Å². The van der Waals surface area contributed by atoms with Crippen molar-refractivity contribution in [3.63, 3.8) is 0 Å². The quantitative estimate of drug-likeness (QED) is 0.801. The number of furan rings is 1. The number of ether oxygens (including phenoxy) is 1. The summed E-state index contributed by atoms with van der Waals surface area (Å²) in [5.41, 5.74) is 0.184. The van der Waals surface area contributed by atoms with Crippen molar-refractivity contribution in [1.82, 2.24) is 5.32 Å². The number of rotatable bonds is 6. The fraction of sp³-hybridized carbons (Fsp3) is 0.667. The highest BCUT2D eigenvalue weighted by Crippen LogP contribution is 2.30. The summed E-state index contributed by atoms with van der Waals surface area (Å²) < 4.78 is 10.3. The Balaban J connectivity index is 2.84. The molecule has 1 N–H and O–H groups in total. The zero-order valence-electron chi connectivity index (χ0n) is 12.6. The summed E-state index contributed by atoms with van der Waals surface area (Å²) in [4.78, 5) is 11.4. The van der Waals surface area contributed by atoms with E-state index in [-0.39, 0.29) is 17.2 Å². The van der Waals surface area contributed by atoms with Gasteiger partial charge in [0.05, 0.1) is 13.2 Å². The van der Waals surface area contributed by atoms with Crippen LogP contribution in [0.5, 0.6) is 0 Å². The summed E-state index contributed by atoms with van der Waals surface area (Å²) >= 11 is 0. The average molecular weight is 267 g/mol. The summed E-state index contributed by atoms with van der Waals surface area (Å²) in [6, 6.07) is 3.65. The van der Waals surface area contributed by atoms with Crippen LogP contribution in [0.1, 0.15) is 62.9 Å². The van der Waals surface area contributed by atoms with Gasteiger partial charge >= 0.3 is 5.97 Å². The zero-order chi connectivity index (χ0) is 14.5. The number of nitrogens with one attached hydrogen (secondary N) is 1. The number of carbonyl (C=O) groups excluding carboxylic acids is 1. The molecule has 0 spiro atoms. The van der Waals surface area contributed by atoms with E-state index in [0.717, 1.165) is 25.1 Å². The van der Waals surface area contributed by atoms with E-state index in [1.54, 1.807) is 6.07 Å². The Morgan fingerprint density at radius 1 is 1.42 bits per heavy atom. The van der Waals surface area contributed by atoms with Crippen LogP contribution in [0.15, 0.2) is 16.5 Å². The van der Waals surface area contributed by atoms with Crippen molar-refractivity contribution >= 4 is 5.97 Å². The molecule has 1 heterocycles. The second-order valence-electron chi connectivity index (χ2n) is 5.97. The van der Waals surface area contributed by atoms with Gasteiger partial charge in [-0.3, -0.25) is 0 Å². The maximum atomic E-state index is 11.4. The fourth-order valence-electron chi connectivity index (χ4n) is 1.95. The number of methoxy groups -OCH3 is 1. The number of esters is 1. The van der Waals surface area contributed by atoms with Crippen molar-refractivity contribution < 1.29 is 13.9 Å². The van der Waals surface area contributed by atoms with Crippen LogP contribution in [0.25, 0.3) is 0 Å². The van der Waals surface area contributed by atoms with E-state index in [9.17, 15) is 4.79 Å². The molecule has 0 aliphatic heterocycles. The van der Waals surface area contributed by atoms with Crippen molar-refractivity contribution in [2.45, 2.75) is 46.6 Å². The molecule has 0 amide bonds. The normalized spacial score (nSPS) is 13.3. The number of hydrogen-bond donors (Lipinski definition) is 1. The Morgan fingerprint density at radius 2 is 2.11 bits per heavy atom. The van der Waals surface area contributed by atoms with E-state index >= 15 is 0 Å². The maximum absolute atomic E-state index is 11.4. The molecule has 0 bridgehead atoms. The van der Waals surface area contributed by atoms with Gasteiger partial charge in [0.15, 0.2) is 0 Å². The predicted octanol–water partition coefficient (Wildman–Crippen LogP) is 3.54. The molecule has 19 heavy (non-hydrogen) atoms. The van der Waals surface area contributed by atoms with Gasteiger partial charge in [0, 0.05) is 0 Å². The fourth-order valence-corrected chi connectivity index (χ4v) is 1.95. The van der Waals surface area contributed by atoms with Crippen molar-refractivity contribution in [2.24, 2.45) is 5.41 Å². The van der Waals surface area contributed by atoms with Crippen LogP contribution in [-0.4, -0.2) is 19.6 Å². The first-order valence-electron chi connectivity index (χ1n) is 6.79. The summed E-state index contributed by atoms with van der Waals surface area (Å²) in [7, 11) is 1.35. The zero-order valence-corrected chi connectivity index (χ0v) is 12.6. The van der Waals surface area contributed by atoms with Crippen molar-refractivity contribution in [3.05, 3.63) is 23.7 Å². The number of carbonyl (C=O) groups is 1. The Morgan fingerprint density at radius 3 is 2.63 bits per heavy atom. The van der Waals surface area contributed by atoms with Crippen molar-refractivity contribution in [3.8, 4) is 0 Å². The molecular weight excluding hydrogens is 242 g/mol. The van der Waals surface area contributed by atoms with Crippen LogP contribution >= 0.6 is 0 Å². The van der Waals surface area contributed by atoms with Crippen molar-refractivity contribution in [2.75, 3.05) is 13.7 Å². The van der Waals surface area contributed by atoms with E-state index < -0.39 is 5.97 Å². The Bertz CT molecular complexity index is 404. The second kappa shape index (κ2) is 6.75. The largest absolute Gasteiger partial charge is 0.463 e. The lowest BCUT2D eigenvalue weighted by Crippen LogP contribution is -2.26. The molecule has 0 aliphatic carbocycles. The summed E-state index contributed by atoms with van der Waals surface area (Å²) in [6.07, 6.45) is 2.01. The van der Waals surface area contributed by atoms with Crippen LogP contribution in [-0.2, 0) is 4.74 Å². The molecule has 4 nitrogen and oxygen atoms in total. The molecule has 0 saturated carbocycles. The van der Waals surface area contributed by atoms with Gasteiger partial charge in [-0.25, -0.2) is 4.79 Å². The highest BCUT2D eigenvalue weighted by Gasteiger charge is 2.23. The molecule has 1 aromatic heterocycles. The van der Waals surface area contributed by atoms with Crippen LogP contribution in [0.3, 0.4) is 0 Å². The third-order valence-corrected chi connectivity index (χ3v) is 2.81. The molecule has 1 aromatic rings. The minimum atomic E-state index is -0.434. The smallest absolute Gasteiger partial charge is 0.373 e. The van der Waals surface area contributed by atoms with Crippen molar-refractivity contribution in [1.29, 1.82) is 0 Å². The molecule has 0 radical (unpaired) electrons. The minimum Gasteiger partial charge on any atom is -0.463 e. The molecule has 0 aromatic carbocycles. The Kier molecular flexibility index (Phi) is 5.60. The molecule has 0 saturated heterocycles. The summed E-state index contributed by atoms with van der Waals surface area (Å²) in [5.74, 6) is 0.620. The summed E-state index contributed by atoms with van der Waals surface area (Å²) in [5, 5.41) is 3.47. The van der Waals surface area contributed by atoms with E-state index in [1.165, 1.54) is 7.11 Å². The Labute approximate surface area is 115 Å². The van der Waals surface area contributed by atoms with E-state index in [0.29, 0.717) is 0 Å². The topological polar surface area (TPSA) is 51.5 Å². The predicted molar refractivity (Wildman–Crippen MR) is 75.2 cm³/mol. The first-order chi connectivity index (χ1) is 8.87. The van der Waals surface area contributed by atoms with Gasteiger partial charge in [-0.1, -0.05) is 27.7 Å². The van der Waals surface area contributed by atoms with Crippen LogP contribution < -0.4 is 5.32 Å². The molecule has 108 valence electrons. The third kappa shape index (κ3) is 5.07. The lowest BCUT2D eigenvalue weighted by molar-refractivity contribution is 0.0561. The number of hydrogen-bond acceptors (Lipinski definition) is 4. The average Bonchev–Trinajstić information content (AvgIpc) is 2.81. The van der Waals surface area contributed by atoms with Gasteiger partial charge in [-0.2, -0.15) is 0 Å². The standard InChI is InChI=1S/C15H25NO3/c1-6-9-16-11(10-15(2,3)4)12-7-8-13(19-12)14(17)18-5/h7-8,11,16H,6,9-10H2,1-5H3. The minimum absolute atomic E-state index is 0.123. The lowest BCUT2D eigenvalue weighted by atomic mass is 9.87. The molecule has 1 rings (SSSR count). The first-order valence-corrected chi connectivity index (χ1v) is 6.79. The van der Waals surface area contributed by atoms with Crippen LogP contribution in [0.2, 0.25) is 0 Å². The third-order valence-electron chi connectivity index (χ3n) is 2.81. The van der Waals surface area contributed by atoms with Gasteiger partial charge < -0.3 is 14.5 Å². The van der Waals surface area contributed by atoms with Gasteiger partial charge in [-0.05, 0) is 36.9 Å². The maximum Gasteiger partial charge on any atom is 0.373 e. The van der Waals surface area contributed by atoms with E-state index in [2.05, 4.69) is 37.7 Å². The van der Waals surface area contributed by atoms with Gasteiger partial charge in [-0.15, -0.1) is 0 Å². The molecule has 1 atom stereocenters. The molecule has 1 unspecified atom stereocenters. The van der Waals surface area contributed by atoms with Crippen LogP contribution in [0, 0.1) is 5.41 Å². The highest BCUT2D eigenvalue weighted by atomic mass is 16.5. The monoisotopic (exact) mass is 267 g/mol. The van der Waals surface area contributed by atoms with Gasteiger partial charge in [0.1, 0.15) is 5.76 Å². The van der Waals surface area contributed by atoms with E-state index in [1.807, 2.05) is 6.07 Å². The second-order valence-corrected chi connectivity index (χ2v) is 5.97. The lowest BCUT2D eigenvalue weighted by Gasteiger charge is -2.25. The van der Waals surface area contributed by atoms with Gasteiger partial charge in [0.25, 0.3) is 0 Å². The molecule has 4 heteroatoms. The molecule has 0 aliphatic rings.